The summed E-state index contributed by atoms with van der Waals surface area (Å²) in [4.78, 5) is 27.2. The number of aliphatic carboxylic acids is 1. The van der Waals surface area contributed by atoms with Gasteiger partial charge in [0.15, 0.2) is 0 Å². The Morgan fingerprint density at radius 2 is 2.29 bits per heavy atom. The minimum atomic E-state index is -1.19. The molecule has 17 heavy (non-hydrogen) atoms. The molecular weight excluding hydrogens is 240 g/mol. The molecule has 0 unspecified atom stereocenters. The van der Waals surface area contributed by atoms with E-state index in [1.165, 1.54) is 11.3 Å². The number of nitrogens with zero attached hydrogens (tertiary/aromatic N) is 1. The van der Waals surface area contributed by atoms with Crippen molar-refractivity contribution < 1.29 is 14.7 Å². The van der Waals surface area contributed by atoms with Crippen molar-refractivity contribution in [3.8, 4) is 0 Å². The summed E-state index contributed by atoms with van der Waals surface area (Å²) >= 11 is 1.46. The predicted molar refractivity (Wildman–Crippen MR) is 62.6 cm³/mol. The van der Waals surface area contributed by atoms with Crippen LogP contribution in [0.1, 0.15) is 30.0 Å². The molecule has 0 aromatic carbocycles. The zero-order valence-corrected chi connectivity index (χ0v) is 10.3. The lowest BCUT2D eigenvalue weighted by Gasteiger charge is -2.35. The SMILES string of the molecule is Cc1csc(CNC(=O)C2(C(=O)O)CCC2)n1. The van der Waals surface area contributed by atoms with Gasteiger partial charge in [0.25, 0.3) is 0 Å². The van der Waals surface area contributed by atoms with Crippen LogP contribution in [0.15, 0.2) is 5.38 Å². The van der Waals surface area contributed by atoms with Crippen molar-refractivity contribution in [2.24, 2.45) is 5.41 Å². The van der Waals surface area contributed by atoms with Crippen LogP contribution in [-0.2, 0) is 16.1 Å². The lowest BCUT2D eigenvalue weighted by atomic mass is 9.68. The Hall–Kier alpha value is -1.43. The van der Waals surface area contributed by atoms with Crippen molar-refractivity contribution in [2.75, 3.05) is 0 Å². The largest absolute Gasteiger partial charge is 0.480 e. The number of hydrogen-bond acceptors (Lipinski definition) is 4. The topological polar surface area (TPSA) is 79.3 Å². The Labute approximate surface area is 103 Å². The molecule has 92 valence electrons. The average Bonchev–Trinajstić information content (AvgIpc) is 2.59. The number of carboxylic acid groups (broad SMARTS) is 1. The molecule has 6 heteroatoms. The van der Waals surface area contributed by atoms with E-state index in [-0.39, 0.29) is 5.91 Å². The zero-order chi connectivity index (χ0) is 12.5. The number of carboxylic acids is 1. The van der Waals surface area contributed by atoms with Crippen LogP contribution in [0, 0.1) is 12.3 Å². The summed E-state index contributed by atoms with van der Waals surface area (Å²) in [6.07, 6.45) is 1.67. The third kappa shape index (κ3) is 2.17. The van der Waals surface area contributed by atoms with Crippen LogP contribution in [0.5, 0.6) is 0 Å². The summed E-state index contributed by atoms with van der Waals surface area (Å²) in [6.45, 7) is 2.19. The molecule has 1 aromatic heterocycles. The second-order valence-electron chi connectivity index (χ2n) is 4.31. The van der Waals surface area contributed by atoms with Gasteiger partial charge in [-0.3, -0.25) is 9.59 Å². The maximum Gasteiger partial charge on any atom is 0.319 e. The molecule has 0 atom stereocenters. The molecule has 0 bridgehead atoms. The van der Waals surface area contributed by atoms with Crippen LogP contribution < -0.4 is 5.32 Å². The molecule has 5 nitrogen and oxygen atoms in total. The number of aromatic nitrogens is 1. The summed E-state index contributed by atoms with van der Waals surface area (Å²) in [5.41, 5.74) is -0.275. The Morgan fingerprint density at radius 3 is 2.71 bits per heavy atom. The normalized spacial score (nSPS) is 17.2. The van der Waals surface area contributed by atoms with E-state index in [9.17, 15) is 9.59 Å². The molecule has 1 fully saturated rings. The van der Waals surface area contributed by atoms with Gasteiger partial charge in [-0.2, -0.15) is 0 Å². The standard InChI is InChI=1S/C11H14N2O3S/c1-7-6-17-8(13-7)5-12-9(14)11(10(15)16)3-2-4-11/h6H,2-5H2,1H3,(H,12,14)(H,15,16). The molecule has 1 heterocycles. The highest BCUT2D eigenvalue weighted by Gasteiger charge is 2.51. The number of hydrogen-bond donors (Lipinski definition) is 2. The van der Waals surface area contributed by atoms with E-state index in [1.807, 2.05) is 12.3 Å². The summed E-state index contributed by atoms with van der Waals surface area (Å²) in [6, 6.07) is 0. The zero-order valence-electron chi connectivity index (χ0n) is 9.52. The van der Waals surface area contributed by atoms with Crippen molar-refractivity contribution in [1.82, 2.24) is 10.3 Å². The van der Waals surface area contributed by atoms with E-state index < -0.39 is 11.4 Å². The van der Waals surface area contributed by atoms with Crippen LogP contribution in [0.4, 0.5) is 0 Å². The van der Waals surface area contributed by atoms with Gasteiger partial charge in [0.2, 0.25) is 5.91 Å². The molecule has 1 saturated carbocycles. The van der Waals surface area contributed by atoms with E-state index >= 15 is 0 Å². The average molecular weight is 254 g/mol. The second-order valence-corrected chi connectivity index (χ2v) is 5.25. The maximum atomic E-state index is 11.9. The first-order valence-corrected chi connectivity index (χ1v) is 6.35. The van der Waals surface area contributed by atoms with Crippen molar-refractivity contribution in [2.45, 2.75) is 32.7 Å². The fourth-order valence-electron chi connectivity index (χ4n) is 1.88. The summed E-state index contributed by atoms with van der Waals surface area (Å²) < 4.78 is 0. The summed E-state index contributed by atoms with van der Waals surface area (Å²) in [7, 11) is 0. The Kier molecular flexibility index (Phi) is 3.15. The highest BCUT2D eigenvalue weighted by Crippen LogP contribution is 2.41. The number of amides is 1. The molecular formula is C11H14N2O3S. The predicted octanol–water partition coefficient (Wildman–Crippen LogP) is 1.32. The number of nitrogens with one attached hydrogen (secondary N) is 1. The van der Waals surface area contributed by atoms with Crippen LogP contribution in [0.3, 0.4) is 0 Å². The Bertz CT molecular complexity index is 451. The molecule has 1 aliphatic carbocycles. The van der Waals surface area contributed by atoms with Gasteiger partial charge in [-0.25, -0.2) is 4.98 Å². The van der Waals surface area contributed by atoms with Gasteiger partial charge in [-0.05, 0) is 19.8 Å². The minimum Gasteiger partial charge on any atom is -0.480 e. The van der Waals surface area contributed by atoms with Crippen molar-refractivity contribution in [1.29, 1.82) is 0 Å². The first kappa shape index (κ1) is 12.0. The quantitative estimate of drug-likeness (QED) is 0.794. The molecule has 0 spiro atoms. The molecule has 1 amide bonds. The highest BCUT2D eigenvalue weighted by molar-refractivity contribution is 7.09. The van der Waals surface area contributed by atoms with Crippen LogP contribution in [-0.4, -0.2) is 22.0 Å². The van der Waals surface area contributed by atoms with Gasteiger partial charge in [-0.15, -0.1) is 11.3 Å². The Balaban J connectivity index is 1.95. The van der Waals surface area contributed by atoms with E-state index in [4.69, 9.17) is 5.11 Å². The fourth-order valence-corrected chi connectivity index (χ4v) is 2.59. The monoisotopic (exact) mass is 254 g/mol. The number of rotatable bonds is 4. The van der Waals surface area contributed by atoms with E-state index in [1.54, 1.807) is 0 Å². The molecule has 0 aliphatic heterocycles. The van der Waals surface area contributed by atoms with E-state index in [0.717, 1.165) is 17.1 Å². The van der Waals surface area contributed by atoms with E-state index in [0.29, 0.717) is 19.4 Å². The summed E-state index contributed by atoms with van der Waals surface area (Å²) in [5.74, 6) is -1.40. The highest BCUT2D eigenvalue weighted by atomic mass is 32.1. The first-order valence-electron chi connectivity index (χ1n) is 5.47. The van der Waals surface area contributed by atoms with E-state index in [2.05, 4.69) is 10.3 Å². The lowest BCUT2D eigenvalue weighted by Crippen LogP contribution is -2.50. The molecule has 0 radical (unpaired) electrons. The maximum absolute atomic E-state index is 11.9. The second kappa shape index (κ2) is 4.44. The lowest BCUT2D eigenvalue weighted by molar-refractivity contribution is -0.162. The van der Waals surface area contributed by atoms with Gasteiger partial charge in [0.05, 0.1) is 6.54 Å². The van der Waals surface area contributed by atoms with Crippen molar-refractivity contribution in [3.63, 3.8) is 0 Å². The van der Waals surface area contributed by atoms with Gasteiger partial charge in [-0.1, -0.05) is 6.42 Å². The first-order chi connectivity index (χ1) is 8.04. The third-order valence-electron chi connectivity index (χ3n) is 3.12. The molecule has 1 aromatic rings. The van der Waals surface area contributed by atoms with Crippen LogP contribution >= 0.6 is 11.3 Å². The molecule has 2 N–H and O–H groups in total. The summed E-state index contributed by atoms with van der Waals surface area (Å²) in [5, 5.41) is 14.4. The molecule has 2 rings (SSSR count). The minimum absolute atomic E-state index is 0.312. The number of carbonyl (C=O) groups excluding carboxylic acids is 1. The third-order valence-corrected chi connectivity index (χ3v) is 4.08. The van der Waals surface area contributed by atoms with Crippen molar-refractivity contribution >= 4 is 23.2 Å². The van der Waals surface area contributed by atoms with Crippen LogP contribution in [0.2, 0.25) is 0 Å². The van der Waals surface area contributed by atoms with Crippen molar-refractivity contribution in [3.05, 3.63) is 16.1 Å². The fraction of sp³-hybridized carbons (Fsp3) is 0.545. The number of thiazole rings is 1. The Morgan fingerprint density at radius 1 is 1.59 bits per heavy atom. The van der Waals surface area contributed by atoms with Gasteiger partial charge >= 0.3 is 5.97 Å². The van der Waals surface area contributed by atoms with Gasteiger partial charge < -0.3 is 10.4 Å². The molecule has 0 saturated heterocycles. The van der Waals surface area contributed by atoms with Crippen LogP contribution in [0.25, 0.3) is 0 Å². The number of carbonyl (C=O) groups is 2. The van der Waals surface area contributed by atoms with Gasteiger partial charge in [0, 0.05) is 11.1 Å². The van der Waals surface area contributed by atoms with Gasteiger partial charge in [0.1, 0.15) is 10.4 Å². The molecule has 1 aliphatic rings. The number of aryl methyl sites for hydroxylation is 1. The smallest absolute Gasteiger partial charge is 0.319 e.